The van der Waals surface area contributed by atoms with E-state index in [0.29, 0.717) is 30.3 Å². The van der Waals surface area contributed by atoms with Crippen molar-refractivity contribution >= 4 is 18.0 Å². The van der Waals surface area contributed by atoms with Gasteiger partial charge in [-0.05, 0) is 37.1 Å². The van der Waals surface area contributed by atoms with Crippen molar-refractivity contribution in [1.29, 1.82) is 0 Å². The minimum Gasteiger partial charge on any atom is -0.490 e. The number of ether oxygens (including phenoxy) is 2. The highest BCUT2D eigenvalue weighted by molar-refractivity contribution is 6.35. The summed E-state index contributed by atoms with van der Waals surface area (Å²) in [6.45, 7) is 8.67. The van der Waals surface area contributed by atoms with Crippen LogP contribution in [0.25, 0.3) is 0 Å². The zero-order chi connectivity index (χ0) is 17.8. The molecule has 1 rings (SSSR count). The van der Waals surface area contributed by atoms with E-state index in [0.717, 1.165) is 6.42 Å². The predicted octanol–water partition coefficient (Wildman–Crippen LogP) is 1.63. The molecule has 7 heteroatoms. The second kappa shape index (κ2) is 10.8. The first-order valence-electron chi connectivity index (χ1n) is 7.74. The molecule has 2 N–H and O–H groups in total. The summed E-state index contributed by atoms with van der Waals surface area (Å²) >= 11 is 0. The molecule has 24 heavy (non-hydrogen) atoms. The molecule has 1 aromatic carbocycles. The third-order valence-electron chi connectivity index (χ3n) is 2.72. The molecule has 0 saturated carbocycles. The number of amides is 2. The summed E-state index contributed by atoms with van der Waals surface area (Å²) in [5, 5.41) is 6.11. The standard InChI is InChI=1S/C17H23N3O4/c1-4-9-18-16(21)17(22)20-19-12-13-7-8-14(24-10-5-2)15(11-13)23-6-3/h4,7-8,11-12H,1,5-6,9-10H2,2-3H3,(H,18,21)(H,20,22)/b19-12+. The summed E-state index contributed by atoms with van der Waals surface area (Å²) in [5.74, 6) is -0.361. The van der Waals surface area contributed by atoms with Crippen molar-refractivity contribution in [3.63, 3.8) is 0 Å². The molecule has 1 aromatic rings. The van der Waals surface area contributed by atoms with E-state index in [-0.39, 0.29) is 6.54 Å². The molecule has 0 bridgehead atoms. The number of nitrogens with zero attached hydrogens (tertiary/aromatic N) is 1. The number of carbonyl (C=O) groups is 2. The maximum atomic E-state index is 11.5. The average Bonchev–Trinajstić information content (AvgIpc) is 2.59. The van der Waals surface area contributed by atoms with E-state index >= 15 is 0 Å². The van der Waals surface area contributed by atoms with Gasteiger partial charge in [0, 0.05) is 6.54 Å². The number of carbonyl (C=O) groups excluding carboxylic acids is 2. The highest BCUT2D eigenvalue weighted by atomic mass is 16.5. The minimum absolute atomic E-state index is 0.215. The van der Waals surface area contributed by atoms with Crippen molar-refractivity contribution in [1.82, 2.24) is 10.7 Å². The second-order valence-corrected chi connectivity index (χ2v) is 4.69. The van der Waals surface area contributed by atoms with Crippen LogP contribution in [0.15, 0.2) is 36.0 Å². The molecule has 0 aromatic heterocycles. The molecule has 0 saturated heterocycles. The van der Waals surface area contributed by atoms with Gasteiger partial charge in [0.2, 0.25) is 0 Å². The van der Waals surface area contributed by atoms with E-state index in [1.54, 1.807) is 18.2 Å². The van der Waals surface area contributed by atoms with E-state index in [1.165, 1.54) is 12.3 Å². The molecule has 0 unspecified atom stereocenters. The number of hydrogen-bond donors (Lipinski definition) is 2. The van der Waals surface area contributed by atoms with Gasteiger partial charge < -0.3 is 14.8 Å². The molecule has 0 fully saturated rings. The van der Waals surface area contributed by atoms with Crippen LogP contribution in [-0.4, -0.2) is 37.8 Å². The fraction of sp³-hybridized carbons (Fsp3) is 0.353. The van der Waals surface area contributed by atoms with Crippen molar-refractivity contribution in [2.45, 2.75) is 20.3 Å². The molecule has 0 radical (unpaired) electrons. The number of nitrogens with one attached hydrogen (secondary N) is 2. The van der Waals surface area contributed by atoms with Gasteiger partial charge in [0.25, 0.3) is 0 Å². The lowest BCUT2D eigenvalue weighted by atomic mass is 10.2. The van der Waals surface area contributed by atoms with Gasteiger partial charge in [-0.15, -0.1) is 6.58 Å². The molecular formula is C17H23N3O4. The molecule has 0 atom stereocenters. The Balaban J connectivity index is 2.69. The lowest BCUT2D eigenvalue weighted by molar-refractivity contribution is -0.139. The number of rotatable bonds is 9. The summed E-state index contributed by atoms with van der Waals surface area (Å²) in [6.07, 6.45) is 3.80. The Morgan fingerprint density at radius 1 is 1.21 bits per heavy atom. The number of hydrogen-bond acceptors (Lipinski definition) is 5. The second-order valence-electron chi connectivity index (χ2n) is 4.69. The Labute approximate surface area is 141 Å². The quantitative estimate of drug-likeness (QED) is 0.311. The summed E-state index contributed by atoms with van der Waals surface area (Å²) in [4.78, 5) is 22.8. The Bertz CT molecular complexity index is 599. The molecule has 0 aliphatic carbocycles. The monoisotopic (exact) mass is 333 g/mol. The van der Waals surface area contributed by atoms with Gasteiger partial charge in [-0.3, -0.25) is 9.59 Å². The van der Waals surface area contributed by atoms with Crippen molar-refractivity contribution in [3.8, 4) is 11.5 Å². The number of hydrazone groups is 1. The summed E-state index contributed by atoms with van der Waals surface area (Å²) in [5.41, 5.74) is 2.86. The normalized spacial score (nSPS) is 10.2. The van der Waals surface area contributed by atoms with Crippen LogP contribution in [0.2, 0.25) is 0 Å². The van der Waals surface area contributed by atoms with Crippen LogP contribution in [0.1, 0.15) is 25.8 Å². The van der Waals surface area contributed by atoms with Crippen molar-refractivity contribution < 1.29 is 19.1 Å². The zero-order valence-electron chi connectivity index (χ0n) is 14.0. The first-order chi connectivity index (χ1) is 11.6. The smallest absolute Gasteiger partial charge is 0.329 e. The van der Waals surface area contributed by atoms with Crippen LogP contribution in [0.3, 0.4) is 0 Å². The highest BCUT2D eigenvalue weighted by Gasteiger charge is 2.10. The molecule has 0 aliphatic heterocycles. The lowest BCUT2D eigenvalue weighted by Crippen LogP contribution is -2.37. The minimum atomic E-state index is -0.846. The predicted molar refractivity (Wildman–Crippen MR) is 92.3 cm³/mol. The van der Waals surface area contributed by atoms with Crippen molar-refractivity contribution in [2.75, 3.05) is 19.8 Å². The van der Waals surface area contributed by atoms with Crippen LogP contribution >= 0.6 is 0 Å². The van der Waals surface area contributed by atoms with Gasteiger partial charge >= 0.3 is 11.8 Å². The van der Waals surface area contributed by atoms with E-state index in [2.05, 4.69) is 22.4 Å². The first-order valence-corrected chi connectivity index (χ1v) is 7.74. The molecule has 7 nitrogen and oxygen atoms in total. The molecule has 0 aliphatic rings. The van der Waals surface area contributed by atoms with E-state index < -0.39 is 11.8 Å². The SMILES string of the molecule is C=CCNC(=O)C(=O)N/N=C/c1ccc(OCCC)c(OCC)c1. The molecular weight excluding hydrogens is 310 g/mol. The molecule has 130 valence electrons. The lowest BCUT2D eigenvalue weighted by Gasteiger charge is -2.11. The summed E-state index contributed by atoms with van der Waals surface area (Å²) in [7, 11) is 0. The van der Waals surface area contributed by atoms with Gasteiger partial charge in [-0.1, -0.05) is 13.0 Å². The average molecular weight is 333 g/mol. The number of benzene rings is 1. The van der Waals surface area contributed by atoms with Crippen LogP contribution in [0.5, 0.6) is 11.5 Å². The zero-order valence-corrected chi connectivity index (χ0v) is 14.0. The third kappa shape index (κ3) is 6.51. The van der Waals surface area contributed by atoms with Gasteiger partial charge in [0.1, 0.15) is 0 Å². The Kier molecular flexibility index (Phi) is 8.67. The Morgan fingerprint density at radius 2 is 2.00 bits per heavy atom. The summed E-state index contributed by atoms with van der Waals surface area (Å²) < 4.78 is 11.1. The maximum absolute atomic E-state index is 11.5. The van der Waals surface area contributed by atoms with Crippen LogP contribution in [-0.2, 0) is 9.59 Å². The molecule has 0 spiro atoms. The van der Waals surface area contributed by atoms with Crippen LogP contribution < -0.4 is 20.2 Å². The van der Waals surface area contributed by atoms with Gasteiger partial charge in [0.05, 0.1) is 19.4 Å². The largest absolute Gasteiger partial charge is 0.490 e. The van der Waals surface area contributed by atoms with E-state index in [9.17, 15) is 9.59 Å². The van der Waals surface area contributed by atoms with Crippen molar-refractivity contribution in [2.24, 2.45) is 5.10 Å². The maximum Gasteiger partial charge on any atom is 0.329 e. The van der Waals surface area contributed by atoms with Gasteiger partial charge in [0.15, 0.2) is 11.5 Å². The van der Waals surface area contributed by atoms with Gasteiger partial charge in [-0.2, -0.15) is 5.10 Å². The van der Waals surface area contributed by atoms with Crippen LogP contribution in [0, 0.1) is 0 Å². The Morgan fingerprint density at radius 3 is 2.67 bits per heavy atom. The van der Waals surface area contributed by atoms with Crippen LogP contribution in [0.4, 0.5) is 0 Å². The molecule has 2 amide bonds. The topological polar surface area (TPSA) is 89.0 Å². The first kappa shape index (κ1) is 19.2. The summed E-state index contributed by atoms with van der Waals surface area (Å²) in [6, 6.07) is 5.31. The molecule has 0 heterocycles. The fourth-order valence-electron chi connectivity index (χ4n) is 1.67. The van der Waals surface area contributed by atoms with Crippen molar-refractivity contribution in [3.05, 3.63) is 36.4 Å². The van der Waals surface area contributed by atoms with Gasteiger partial charge in [-0.25, -0.2) is 5.43 Å². The van der Waals surface area contributed by atoms with E-state index in [4.69, 9.17) is 9.47 Å². The Hall–Kier alpha value is -2.83. The highest BCUT2D eigenvalue weighted by Crippen LogP contribution is 2.28. The third-order valence-corrected chi connectivity index (χ3v) is 2.72. The fourth-order valence-corrected chi connectivity index (χ4v) is 1.67. The van der Waals surface area contributed by atoms with E-state index in [1.807, 2.05) is 13.8 Å².